The Morgan fingerprint density at radius 2 is 1.83 bits per heavy atom. The van der Waals surface area contributed by atoms with Crippen molar-refractivity contribution in [2.75, 3.05) is 0 Å². The lowest BCUT2D eigenvalue weighted by Gasteiger charge is -2.20. The number of carbonyl (C=O) groups excluding carboxylic acids is 2. The first kappa shape index (κ1) is 16.2. The summed E-state index contributed by atoms with van der Waals surface area (Å²) in [6.07, 6.45) is 0. The number of amides is 3. The van der Waals surface area contributed by atoms with Crippen molar-refractivity contribution in [2.45, 2.75) is 32.9 Å². The standard InChI is InChI=1S/C17H17BrN2O2S/c1-10-6-11(2)8-12(7-10)9-20-15(21)17(3,19-16(20)22)13-4-5-14(18)23-13/h4-8H,9H2,1-3H3,(H,19,22). The van der Waals surface area contributed by atoms with Crippen molar-refractivity contribution in [3.8, 4) is 0 Å². The maximum atomic E-state index is 12.9. The third-order valence-corrected chi connectivity index (χ3v) is 5.81. The summed E-state index contributed by atoms with van der Waals surface area (Å²) in [6, 6.07) is 9.49. The number of benzene rings is 1. The minimum absolute atomic E-state index is 0.212. The van der Waals surface area contributed by atoms with Gasteiger partial charge in [-0.15, -0.1) is 11.3 Å². The van der Waals surface area contributed by atoms with E-state index in [0.29, 0.717) is 0 Å². The zero-order valence-electron chi connectivity index (χ0n) is 13.1. The van der Waals surface area contributed by atoms with Crippen molar-refractivity contribution in [3.05, 3.63) is 55.7 Å². The van der Waals surface area contributed by atoms with E-state index in [9.17, 15) is 9.59 Å². The average Bonchev–Trinajstić information content (AvgIpc) is 2.97. The SMILES string of the molecule is Cc1cc(C)cc(CN2C(=O)NC(C)(c3ccc(Br)s3)C2=O)c1. The van der Waals surface area contributed by atoms with E-state index in [2.05, 4.69) is 27.3 Å². The van der Waals surface area contributed by atoms with Gasteiger partial charge in [0.15, 0.2) is 5.54 Å². The number of urea groups is 1. The number of halogens is 1. The maximum Gasteiger partial charge on any atom is 0.325 e. The van der Waals surface area contributed by atoms with Crippen molar-refractivity contribution in [2.24, 2.45) is 0 Å². The highest BCUT2D eigenvalue weighted by Crippen LogP contribution is 2.36. The molecule has 0 saturated carbocycles. The van der Waals surface area contributed by atoms with Crippen molar-refractivity contribution in [3.63, 3.8) is 0 Å². The fraction of sp³-hybridized carbons (Fsp3) is 0.294. The van der Waals surface area contributed by atoms with Crippen LogP contribution in [0.2, 0.25) is 0 Å². The molecule has 0 bridgehead atoms. The molecule has 2 aromatic rings. The van der Waals surface area contributed by atoms with Crippen LogP contribution in [0.5, 0.6) is 0 Å². The van der Waals surface area contributed by atoms with E-state index in [1.165, 1.54) is 16.2 Å². The second-order valence-corrected chi connectivity index (χ2v) is 8.51. The molecule has 120 valence electrons. The Bertz CT molecular complexity index is 781. The largest absolute Gasteiger partial charge is 0.325 e. The van der Waals surface area contributed by atoms with E-state index in [0.717, 1.165) is 25.4 Å². The lowest BCUT2D eigenvalue weighted by molar-refractivity contribution is -0.131. The molecule has 6 heteroatoms. The Labute approximate surface area is 147 Å². The third kappa shape index (κ3) is 2.93. The van der Waals surface area contributed by atoms with Gasteiger partial charge in [-0.2, -0.15) is 0 Å². The summed E-state index contributed by atoms with van der Waals surface area (Å²) in [4.78, 5) is 27.3. The highest BCUT2D eigenvalue weighted by atomic mass is 79.9. The third-order valence-electron chi connectivity index (χ3n) is 3.96. The van der Waals surface area contributed by atoms with Crippen LogP contribution < -0.4 is 5.32 Å². The second-order valence-electron chi connectivity index (χ2n) is 6.05. The monoisotopic (exact) mass is 392 g/mol. The van der Waals surface area contributed by atoms with Crippen molar-refractivity contribution < 1.29 is 9.59 Å². The lowest BCUT2D eigenvalue weighted by Crippen LogP contribution is -2.40. The molecule has 1 aliphatic rings. The van der Waals surface area contributed by atoms with Crippen molar-refractivity contribution in [1.29, 1.82) is 0 Å². The van der Waals surface area contributed by atoms with Crippen LogP contribution >= 0.6 is 27.3 Å². The van der Waals surface area contributed by atoms with Gasteiger partial charge in [0.25, 0.3) is 5.91 Å². The molecule has 1 N–H and O–H groups in total. The first-order valence-electron chi connectivity index (χ1n) is 7.27. The van der Waals surface area contributed by atoms with Crippen LogP contribution in [-0.4, -0.2) is 16.8 Å². The van der Waals surface area contributed by atoms with Gasteiger partial charge in [0, 0.05) is 4.88 Å². The van der Waals surface area contributed by atoms with Crippen LogP contribution in [-0.2, 0) is 16.9 Å². The Balaban J connectivity index is 1.89. The Morgan fingerprint density at radius 3 is 2.39 bits per heavy atom. The highest BCUT2D eigenvalue weighted by Gasteiger charge is 2.49. The normalized spacial score (nSPS) is 21.0. The first-order chi connectivity index (χ1) is 10.8. The van der Waals surface area contributed by atoms with E-state index in [-0.39, 0.29) is 18.5 Å². The Hall–Kier alpha value is -1.66. The van der Waals surface area contributed by atoms with Crippen molar-refractivity contribution >= 4 is 39.2 Å². The average molecular weight is 393 g/mol. The molecule has 1 unspecified atom stereocenters. The van der Waals surface area contributed by atoms with Crippen LogP contribution in [0.3, 0.4) is 0 Å². The zero-order valence-corrected chi connectivity index (χ0v) is 15.5. The Morgan fingerprint density at radius 1 is 1.17 bits per heavy atom. The molecule has 1 saturated heterocycles. The number of hydrogen-bond acceptors (Lipinski definition) is 3. The molecule has 0 radical (unpaired) electrons. The zero-order chi connectivity index (χ0) is 16.8. The summed E-state index contributed by atoms with van der Waals surface area (Å²) in [5, 5.41) is 2.84. The molecule has 0 spiro atoms. The number of carbonyl (C=O) groups is 2. The Kier molecular flexibility index (Phi) is 4.06. The van der Waals surface area contributed by atoms with E-state index >= 15 is 0 Å². The smallest absolute Gasteiger partial charge is 0.319 e. The van der Waals surface area contributed by atoms with Crippen LogP contribution in [0, 0.1) is 13.8 Å². The molecule has 1 aromatic carbocycles. The summed E-state index contributed by atoms with van der Waals surface area (Å²) >= 11 is 4.86. The van der Waals surface area contributed by atoms with Gasteiger partial charge in [0.1, 0.15) is 0 Å². The van der Waals surface area contributed by atoms with Crippen LogP contribution in [0.1, 0.15) is 28.5 Å². The van der Waals surface area contributed by atoms with Gasteiger partial charge < -0.3 is 5.32 Å². The molecule has 3 amide bonds. The van der Waals surface area contributed by atoms with E-state index in [4.69, 9.17) is 0 Å². The topological polar surface area (TPSA) is 49.4 Å². The van der Waals surface area contributed by atoms with Gasteiger partial charge >= 0.3 is 6.03 Å². The lowest BCUT2D eigenvalue weighted by atomic mass is 10.0. The van der Waals surface area contributed by atoms with Crippen LogP contribution in [0.15, 0.2) is 34.1 Å². The fourth-order valence-electron chi connectivity index (χ4n) is 2.93. The highest BCUT2D eigenvalue weighted by molar-refractivity contribution is 9.11. The summed E-state index contributed by atoms with van der Waals surface area (Å²) in [6.45, 7) is 6.06. The van der Waals surface area contributed by atoms with Gasteiger partial charge in [-0.25, -0.2) is 4.79 Å². The molecule has 4 nitrogen and oxygen atoms in total. The number of aryl methyl sites for hydroxylation is 2. The van der Waals surface area contributed by atoms with E-state index < -0.39 is 5.54 Å². The number of nitrogens with zero attached hydrogens (tertiary/aromatic N) is 1. The second kappa shape index (κ2) is 5.76. The summed E-state index contributed by atoms with van der Waals surface area (Å²) in [7, 11) is 0. The van der Waals surface area contributed by atoms with Gasteiger partial charge in [-0.05, 0) is 54.4 Å². The minimum Gasteiger partial charge on any atom is -0.319 e. The van der Waals surface area contributed by atoms with Crippen LogP contribution in [0.25, 0.3) is 0 Å². The number of thiophene rings is 1. The van der Waals surface area contributed by atoms with E-state index in [1.54, 1.807) is 6.92 Å². The van der Waals surface area contributed by atoms with Gasteiger partial charge in [-0.1, -0.05) is 29.3 Å². The molecule has 3 rings (SSSR count). The predicted octanol–water partition coefficient (Wildman–Crippen LogP) is 4.09. The molecule has 1 fully saturated rings. The molecule has 1 aromatic heterocycles. The van der Waals surface area contributed by atoms with Gasteiger partial charge in [0.2, 0.25) is 0 Å². The molecule has 1 aliphatic heterocycles. The van der Waals surface area contributed by atoms with Crippen molar-refractivity contribution in [1.82, 2.24) is 10.2 Å². The predicted molar refractivity (Wildman–Crippen MR) is 94.4 cm³/mol. The number of rotatable bonds is 3. The number of nitrogens with one attached hydrogen (secondary N) is 1. The quantitative estimate of drug-likeness (QED) is 0.799. The maximum absolute atomic E-state index is 12.9. The van der Waals surface area contributed by atoms with Crippen LogP contribution in [0.4, 0.5) is 4.79 Å². The molecule has 2 heterocycles. The number of imide groups is 1. The molecular weight excluding hydrogens is 376 g/mol. The summed E-state index contributed by atoms with van der Waals surface area (Å²) in [5.41, 5.74) is 2.21. The first-order valence-corrected chi connectivity index (χ1v) is 8.87. The number of hydrogen-bond donors (Lipinski definition) is 1. The fourth-order valence-corrected chi connectivity index (χ4v) is 4.41. The van der Waals surface area contributed by atoms with Gasteiger partial charge in [0.05, 0.1) is 10.3 Å². The molecular formula is C17H17BrN2O2S. The summed E-state index contributed by atoms with van der Waals surface area (Å²) < 4.78 is 0.934. The molecule has 23 heavy (non-hydrogen) atoms. The summed E-state index contributed by atoms with van der Waals surface area (Å²) in [5.74, 6) is -0.212. The molecule has 1 atom stereocenters. The minimum atomic E-state index is -0.993. The van der Waals surface area contributed by atoms with Gasteiger partial charge in [-0.3, -0.25) is 9.69 Å². The van der Waals surface area contributed by atoms with E-state index in [1.807, 2.05) is 38.1 Å². The molecule has 0 aliphatic carbocycles.